The first-order valence-corrected chi connectivity index (χ1v) is 13.3. The van der Waals surface area contributed by atoms with Crippen LogP contribution in [0.4, 0.5) is 0 Å². The van der Waals surface area contributed by atoms with E-state index in [2.05, 4.69) is 0 Å². The number of aliphatic hydroxyl groups is 2. The third-order valence-corrected chi connectivity index (χ3v) is 12.4. The number of hydrogen-bond acceptors (Lipinski definition) is 5. The van der Waals surface area contributed by atoms with Crippen molar-refractivity contribution >= 4 is 64.3 Å². The molecule has 10 rings (SSSR count). The second kappa shape index (κ2) is 5.78. The van der Waals surface area contributed by atoms with Crippen molar-refractivity contribution in [3.63, 3.8) is 0 Å². The van der Waals surface area contributed by atoms with Gasteiger partial charge in [0.25, 0.3) is 5.56 Å². The Morgan fingerprint density at radius 2 is 1.79 bits per heavy atom. The van der Waals surface area contributed by atoms with Gasteiger partial charge >= 0.3 is 5.69 Å². The minimum atomic E-state index is -0.811. The van der Waals surface area contributed by atoms with E-state index in [1.54, 1.807) is 13.1 Å². The Balaban J connectivity index is 0.941. The Morgan fingerprint density at radius 1 is 1.09 bits per heavy atom. The molecule has 10 heterocycles. The van der Waals surface area contributed by atoms with Crippen molar-refractivity contribution in [3.05, 3.63) is 32.6 Å². The highest BCUT2D eigenvalue weighted by molar-refractivity contribution is 8.55. The van der Waals surface area contributed by atoms with E-state index in [0.717, 1.165) is 82.8 Å². The minimum absolute atomic E-state index is 0.220. The van der Waals surface area contributed by atoms with Gasteiger partial charge in [-0.1, -0.05) is 12.8 Å². The predicted octanol–water partition coefficient (Wildman–Crippen LogP) is -3.62. The van der Waals surface area contributed by atoms with Crippen LogP contribution in [0.5, 0.6) is 0 Å². The second-order valence-electron chi connectivity index (χ2n) is 12.8. The van der Waals surface area contributed by atoms with Crippen molar-refractivity contribution in [3.8, 4) is 0 Å². The van der Waals surface area contributed by atoms with Gasteiger partial charge in [0.2, 0.25) is 0 Å². The van der Waals surface area contributed by atoms with E-state index in [0.29, 0.717) is 17.3 Å². The van der Waals surface area contributed by atoms with E-state index < -0.39 is 18.4 Å². The summed E-state index contributed by atoms with van der Waals surface area (Å²) in [5.41, 5.74) is 0.976. The number of hydrogen-bond donors (Lipinski definition) is 2. The predicted molar refractivity (Wildman–Crippen MR) is 139 cm³/mol. The van der Waals surface area contributed by atoms with Crippen LogP contribution in [0.2, 0.25) is 10.9 Å². The van der Waals surface area contributed by atoms with Gasteiger partial charge in [-0.05, 0) is 13.3 Å². The van der Waals surface area contributed by atoms with Gasteiger partial charge in [-0.3, -0.25) is 13.9 Å². The van der Waals surface area contributed by atoms with E-state index in [1.165, 1.54) is 15.6 Å². The van der Waals surface area contributed by atoms with Crippen LogP contribution in [-0.2, 0) is 11.3 Å². The van der Waals surface area contributed by atoms with Gasteiger partial charge < -0.3 is 14.9 Å². The first-order chi connectivity index (χ1) is 16.0. The lowest BCUT2D eigenvalue weighted by atomic mass is 8.68. The van der Waals surface area contributed by atoms with Crippen molar-refractivity contribution in [2.45, 2.75) is 68.5 Å². The summed E-state index contributed by atoms with van der Waals surface area (Å²) in [5.74, 6) is 0. The molecule has 2 N–H and O–H groups in total. The van der Waals surface area contributed by atoms with Crippen molar-refractivity contribution in [1.29, 1.82) is 0 Å². The summed E-state index contributed by atoms with van der Waals surface area (Å²) in [4.78, 5) is 26.0. The SMILES string of the molecule is Cc1cn(C2CC(O)C(CO)O2)c(=O)n(CCCCC23B4B5B6B7B4B7C2B6B2B5B23)c1=O. The van der Waals surface area contributed by atoms with Crippen LogP contribution < -0.4 is 11.2 Å². The third-order valence-electron chi connectivity index (χ3n) is 12.4. The van der Waals surface area contributed by atoms with Crippen molar-refractivity contribution in [2.24, 2.45) is 0 Å². The Hall–Kier alpha value is -0.791. The first-order valence-electron chi connectivity index (χ1n) is 13.3. The molecular formula is C16H22B10N2O5. The Labute approximate surface area is 196 Å². The van der Waals surface area contributed by atoms with Gasteiger partial charge in [0.15, 0.2) is 0 Å². The number of ether oxygens (including phenoxy) is 1. The summed E-state index contributed by atoms with van der Waals surface area (Å²) >= 11 is 0. The number of nitrogens with zero attached hydrogens (tertiary/aromatic N) is 2. The first kappa shape index (κ1) is 19.4. The Morgan fingerprint density at radius 3 is 2.52 bits per heavy atom. The highest BCUT2D eigenvalue weighted by atomic mass is 16.5. The molecule has 0 aliphatic carbocycles. The lowest BCUT2D eigenvalue weighted by Gasteiger charge is -2.42. The number of unbranched alkanes of at least 4 members (excludes halogenated alkanes) is 1. The van der Waals surface area contributed by atoms with Gasteiger partial charge in [0, 0.05) is 89.0 Å². The summed E-state index contributed by atoms with van der Waals surface area (Å²) in [6.45, 7) is 6.20. The quantitative estimate of drug-likeness (QED) is 0.344. The van der Waals surface area contributed by atoms with Gasteiger partial charge in [0.05, 0.1) is 12.7 Å². The molecule has 1 aromatic heterocycles. The van der Waals surface area contributed by atoms with Crippen molar-refractivity contribution < 1.29 is 14.9 Å². The second-order valence-corrected chi connectivity index (χ2v) is 12.8. The van der Waals surface area contributed by atoms with Crippen molar-refractivity contribution in [1.82, 2.24) is 9.13 Å². The van der Waals surface area contributed by atoms with E-state index in [4.69, 9.17) is 4.74 Å². The van der Waals surface area contributed by atoms with Gasteiger partial charge in [0.1, 0.15) is 12.3 Å². The average molecular weight is 430 g/mol. The standard InChI is InChI=1S/C16H22B10N2O5/c1-9-7-28(12-6-10(30)11(8-29)33-12)15(32)27(13(9)31)5-3-2-4-16-14-17-21-19(16)26-24(23(17)21)18(14)22-20(16)25(22)26/h7,10-12,14,29-30H,2-6,8H2,1H3. The molecule has 9 aliphatic rings. The maximum Gasteiger partial charge on any atom is 0.333 e. The van der Waals surface area contributed by atoms with E-state index in [-0.39, 0.29) is 24.3 Å². The van der Waals surface area contributed by atoms with Crippen LogP contribution in [0, 0.1) is 6.92 Å². The van der Waals surface area contributed by atoms with Gasteiger partial charge in [-0.2, -0.15) is 0 Å². The molecule has 156 valence electrons. The molecule has 33 heavy (non-hydrogen) atoms. The van der Waals surface area contributed by atoms with Gasteiger partial charge in [-0.25, -0.2) is 4.79 Å². The fourth-order valence-electron chi connectivity index (χ4n) is 12.2. The van der Waals surface area contributed by atoms with E-state index in [9.17, 15) is 19.8 Å². The van der Waals surface area contributed by atoms with Crippen LogP contribution in [0.25, 0.3) is 0 Å². The topological polar surface area (TPSA) is 93.7 Å². The summed E-state index contributed by atoms with van der Waals surface area (Å²) in [6, 6.07) is 0. The van der Waals surface area contributed by atoms with E-state index in [1.807, 2.05) is 0 Å². The molecule has 7 nitrogen and oxygen atoms in total. The fourth-order valence-corrected chi connectivity index (χ4v) is 12.2. The molecule has 0 amide bonds. The van der Waals surface area contributed by atoms with Crippen LogP contribution >= 0.6 is 0 Å². The van der Waals surface area contributed by atoms with E-state index >= 15 is 0 Å². The number of aryl methyl sites for hydroxylation is 1. The maximum absolute atomic E-state index is 13.2. The molecule has 0 spiro atoms. The molecule has 0 bridgehead atoms. The molecule has 9 aliphatic heterocycles. The molecule has 17 heteroatoms. The smallest absolute Gasteiger partial charge is 0.333 e. The summed E-state index contributed by atoms with van der Waals surface area (Å²) in [7, 11) is 0. The summed E-state index contributed by atoms with van der Waals surface area (Å²) < 4.78 is 8.50. The van der Waals surface area contributed by atoms with Crippen LogP contribution in [0.15, 0.2) is 15.8 Å². The minimum Gasteiger partial charge on any atom is -0.394 e. The molecule has 1 aromatic rings. The summed E-state index contributed by atoms with van der Waals surface area (Å²) in [5, 5.41) is 20.1. The maximum atomic E-state index is 13.2. The Kier molecular flexibility index (Phi) is 3.40. The highest BCUT2D eigenvalue weighted by Gasteiger charge is 3.04. The zero-order chi connectivity index (χ0) is 22.1. The number of rotatable bonds is 7. The monoisotopic (exact) mass is 432 g/mol. The number of aromatic nitrogens is 2. The van der Waals surface area contributed by atoms with Crippen molar-refractivity contribution in [2.75, 3.05) is 6.61 Å². The molecular weight excluding hydrogens is 408 g/mol. The van der Waals surface area contributed by atoms with Crippen LogP contribution in [0.3, 0.4) is 0 Å². The van der Waals surface area contributed by atoms with Gasteiger partial charge in [-0.15, -0.1) is 10.9 Å². The normalized spacial score (nSPS) is 36.5. The molecule has 0 aromatic carbocycles. The molecule has 5 unspecified atom stereocenters. The van der Waals surface area contributed by atoms with Crippen LogP contribution in [-0.4, -0.2) is 102 Å². The molecule has 9 saturated heterocycles. The average Bonchev–Trinajstić information content (AvgIpc) is 3.24. The fraction of sp³-hybridized carbons (Fsp3) is 0.750. The lowest BCUT2D eigenvalue weighted by Crippen LogP contribution is -2.55. The number of aliphatic hydroxyl groups excluding tert-OH is 2. The molecule has 5 atom stereocenters. The molecule has 9 fully saturated rings. The third kappa shape index (κ3) is 1.87. The summed E-state index contributed by atoms with van der Waals surface area (Å²) in [6.07, 6.45) is 9.63. The largest absolute Gasteiger partial charge is 0.394 e. The zero-order valence-corrected chi connectivity index (χ0v) is 18.9. The highest BCUT2D eigenvalue weighted by Crippen LogP contribution is 2.83. The zero-order valence-electron chi connectivity index (χ0n) is 18.9. The lowest BCUT2D eigenvalue weighted by molar-refractivity contribution is -0.0464. The molecule has 0 saturated carbocycles. The Bertz CT molecular complexity index is 1210. The van der Waals surface area contributed by atoms with Crippen LogP contribution in [0.1, 0.15) is 37.5 Å². The molecule has 0 radical (unpaired) electrons.